The molecule has 41 heavy (non-hydrogen) atoms. The van der Waals surface area contributed by atoms with Gasteiger partial charge in [0.1, 0.15) is 11.2 Å². The number of carbonyl (C=O) groups is 4. The van der Waals surface area contributed by atoms with Crippen LogP contribution in [0.3, 0.4) is 0 Å². The number of esters is 4. The van der Waals surface area contributed by atoms with Gasteiger partial charge in [0, 0.05) is 58.9 Å². The molecule has 0 unspecified atom stereocenters. The summed E-state index contributed by atoms with van der Waals surface area (Å²) in [5, 5.41) is 0. The van der Waals surface area contributed by atoms with Gasteiger partial charge in [-0.2, -0.15) is 0 Å². The van der Waals surface area contributed by atoms with Crippen LogP contribution >= 0.6 is 0 Å². The maximum Gasteiger partial charge on any atom is 0.320 e. The lowest BCUT2D eigenvalue weighted by Gasteiger charge is -2.34. The molecule has 0 N–H and O–H groups in total. The van der Waals surface area contributed by atoms with Crippen molar-refractivity contribution in [2.45, 2.75) is 73.0 Å². The number of carbonyl (C=O) groups excluding carboxylic acids is 4. The first-order chi connectivity index (χ1) is 19.1. The lowest BCUT2D eigenvalue weighted by molar-refractivity contribution is -0.157. The van der Waals surface area contributed by atoms with E-state index in [0.717, 1.165) is 0 Å². The van der Waals surface area contributed by atoms with Gasteiger partial charge in [-0.3, -0.25) is 33.9 Å². The van der Waals surface area contributed by atoms with E-state index in [0.29, 0.717) is 72.1 Å². The Labute approximate surface area is 246 Å². The highest BCUT2D eigenvalue weighted by molar-refractivity contribution is 5.73. The van der Waals surface area contributed by atoms with Crippen molar-refractivity contribution in [1.82, 2.24) is 19.6 Å². The predicted octanol–water partition coefficient (Wildman–Crippen LogP) is 1.41. The minimum Gasteiger partial charge on any atom is -0.465 e. The largest absolute Gasteiger partial charge is 0.465 e. The molecule has 0 bridgehead atoms. The van der Waals surface area contributed by atoms with Crippen LogP contribution in [-0.4, -0.2) is 146 Å². The second-order valence-electron chi connectivity index (χ2n) is 12.2. The average Bonchev–Trinajstić information content (AvgIpc) is 2.81. The standard InChI is InChI=1S/C29H54N4O8/c1-9-38-25(35)21-31-15-13-30(12-11-24(34)40-28(3,4)5)14-16-32(22-26(36)39-10-2)18-20-33(19-17-31)23-27(37)41-29(6,7)8/h9-23H2,1-8H3. The summed E-state index contributed by atoms with van der Waals surface area (Å²) in [5.74, 6) is -1.21. The molecule has 1 rings (SSSR count). The van der Waals surface area contributed by atoms with Gasteiger partial charge in [-0.05, 0) is 55.4 Å². The highest BCUT2D eigenvalue weighted by atomic mass is 16.6. The molecular weight excluding hydrogens is 532 g/mol. The predicted molar refractivity (Wildman–Crippen MR) is 155 cm³/mol. The van der Waals surface area contributed by atoms with Crippen molar-refractivity contribution >= 4 is 23.9 Å². The van der Waals surface area contributed by atoms with Crippen molar-refractivity contribution in [3.05, 3.63) is 0 Å². The van der Waals surface area contributed by atoms with E-state index >= 15 is 0 Å². The van der Waals surface area contributed by atoms with Crippen molar-refractivity contribution in [3.63, 3.8) is 0 Å². The summed E-state index contributed by atoms with van der Waals surface area (Å²) in [4.78, 5) is 58.0. The number of nitrogens with zero attached hydrogens (tertiary/aromatic N) is 4. The molecule has 0 atom stereocenters. The van der Waals surface area contributed by atoms with Crippen molar-refractivity contribution in [2.24, 2.45) is 0 Å². The minimum atomic E-state index is -0.599. The molecule has 0 aromatic rings. The molecule has 1 heterocycles. The van der Waals surface area contributed by atoms with Gasteiger partial charge >= 0.3 is 23.9 Å². The summed E-state index contributed by atoms with van der Waals surface area (Å²) >= 11 is 0. The van der Waals surface area contributed by atoms with E-state index in [9.17, 15) is 19.2 Å². The molecule has 1 fully saturated rings. The van der Waals surface area contributed by atoms with Gasteiger partial charge in [0.15, 0.2) is 0 Å². The van der Waals surface area contributed by atoms with Crippen LogP contribution in [-0.2, 0) is 38.1 Å². The fourth-order valence-electron chi connectivity index (χ4n) is 4.25. The molecule has 238 valence electrons. The molecule has 1 aliphatic rings. The van der Waals surface area contributed by atoms with E-state index in [-0.39, 0.29) is 49.9 Å². The van der Waals surface area contributed by atoms with E-state index < -0.39 is 11.2 Å². The summed E-state index contributed by atoms with van der Waals surface area (Å²) in [7, 11) is 0. The molecule has 0 aliphatic carbocycles. The Hall–Kier alpha value is -2.28. The molecule has 1 saturated heterocycles. The lowest BCUT2D eigenvalue weighted by atomic mass is 10.2. The van der Waals surface area contributed by atoms with Crippen molar-refractivity contribution in [3.8, 4) is 0 Å². The fourth-order valence-corrected chi connectivity index (χ4v) is 4.25. The smallest absolute Gasteiger partial charge is 0.320 e. The quantitative estimate of drug-likeness (QED) is 0.257. The Balaban J connectivity index is 3.09. The highest BCUT2D eigenvalue weighted by Crippen LogP contribution is 2.10. The molecule has 12 heteroatoms. The average molecular weight is 587 g/mol. The van der Waals surface area contributed by atoms with Gasteiger partial charge in [0.05, 0.1) is 39.3 Å². The lowest BCUT2D eigenvalue weighted by Crippen LogP contribution is -2.49. The second kappa shape index (κ2) is 18.3. The number of hydrogen-bond acceptors (Lipinski definition) is 12. The summed E-state index contributed by atoms with van der Waals surface area (Å²) in [6, 6.07) is 0. The maximum absolute atomic E-state index is 12.7. The molecular formula is C29H54N4O8. The fraction of sp³-hybridized carbons (Fsp3) is 0.862. The molecule has 0 spiro atoms. The highest BCUT2D eigenvalue weighted by Gasteiger charge is 2.24. The molecule has 0 amide bonds. The van der Waals surface area contributed by atoms with Crippen LogP contribution in [0.1, 0.15) is 61.8 Å². The van der Waals surface area contributed by atoms with Crippen LogP contribution in [0, 0.1) is 0 Å². The monoisotopic (exact) mass is 586 g/mol. The first kappa shape index (κ1) is 36.7. The normalized spacial score (nSPS) is 17.7. The summed E-state index contributed by atoms with van der Waals surface area (Å²) < 4.78 is 21.4. The van der Waals surface area contributed by atoms with Gasteiger partial charge in [0.2, 0.25) is 0 Å². The first-order valence-electron chi connectivity index (χ1n) is 14.7. The molecule has 12 nitrogen and oxygen atoms in total. The number of ether oxygens (including phenoxy) is 4. The van der Waals surface area contributed by atoms with Crippen molar-refractivity contribution in [2.75, 3.05) is 91.8 Å². The molecule has 0 saturated carbocycles. The number of hydrogen-bond donors (Lipinski definition) is 0. The van der Waals surface area contributed by atoms with Crippen LogP contribution in [0.4, 0.5) is 0 Å². The van der Waals surface area contributed by atoms with E-state index in [1.807, 2.05) is 56.2 Å². The zero-order valence-electron chi connectivity index (χ0n) is 26.7. The van der Waals surface area contributed by atoms with Crippen LogP contribution in [0.5, 0.6) is 0 Å². The summed E-state index contributed by atoms with van der Waals surface area (Å²) in [6.07, 6.45) is 0.233. The van der Waals surface area contributed by atoms with Gasteiger partial charge < -0.3 is 23.8 Å². The SMILES string of the molecule is CCOC(=O)CN1CCN(CCC(=O)OC(C)(C)C)CCN(CC(=O)OCC)CCN(CC(=O)OC(C)(C)C)CC1. The van der Waals surface area contributed by atoms with E-state index in [1.54, 1.807) is 13.8 Å². The van der Waals surface area contributed by atoms with Crippen LogP contribution in [0.2, 0.25) is 0 Å². The molecule has 0 aromatic heterocycles. The Kier molecular flexibility index (Phi) is 16.4. The summed E-state index contributed by atoms with van der Waals surface area (Å²) in [6.45, 7) is 20.4. The molecule has 0 aromatic carbocycles. The third kappa shape index (κ3) is 18.7. The Morgan fingerprint density at radius 3 is 1.17 bits per heavy atom. The minimum absolute atomic E-state index is 0.0970. The van der Waals surface area contributed by atoms with E-state index in [1.165, 1.54) is 0 Å². The van der Waals surface area contributed by atoms with E-state index in [4.69, 9.17) is 18.9 Å². The Morgan fingerprint density at radius 2 is 0.829 bits per heavy atom. The third-order valence-corrected chi connectivity index (χ3v) is 6.07. The van der Waals surface area contributed by atoms with Gasteiger partial charge in [0.25, 0.3) is 0 Å². The maximum atomic E-state index is 12.7. The first-order valence-corrected chi connectivity index (χ1v) is 14.7. The van der Waals surface area contributed by atoms with Crippen LogP contribution in [0.15, 0.2) is 0 Å². The second-order valence-corrected chi connectivity index (χ2v) is 12.2. The summed E-state index contributed by atoms with van der Waals surface area (Å²) in [5.41, 5.74) is -1.16. The topological polar surface area (TPSA) is 118 Å². The van der Waals surface area contributed by atoms with Gasteiger partial charge in [-0.15, -0.1) is 0 Å². The van der Waals surface area contributed by atoms with Crippen molar-refractivity contribution < 1.29 is 38.1 Å². The Bertz CT molecular complexity index is 789. The Morgan fingerprint density at radius 1 is 0.512 bits per heavy atom. The van der Waals surface area contributed by atoms with Crippen LogP contribution in [0.25, 0.3) is 0 Å². The van der Waals surface area contributed by atoms with E-state index in [2.05, 4.69) is 4.90 Å². The zero-order valence-corrected chi connectivity index (χ0v) is 26.7. The van der Waals surface area contributed by atoms with Crippen molar-refractivity contribution in [1.29, 1.82) is 0 Å². The zero-order chi connectivity index (χ0) is 31.1. The van der Waals surface area contributed by atoms with Crippen LogP contribution < -0.4 is 0 Å². The number of rotatable bonds is 11. The van der Waals surface area contributed by atoms with Gasteiger partial charge in [-0.25, -0.2) is 0 Å². The van der Waals surface area contributed by atoms with Gasteiger partial charge in [-0.1, -0.05) is 0 Å². The molecule has 1 aliphatic heterocycles. The third-order valence-electron chi connectivity index (χ3n) is 6.07. The molecule has 0 radical (unpaired) electrons.